The van der Waals surface area contributed by atoms with Crippen LogP contribution in [0.4, 0.5) is 13.2 Å². The molecule has 0 aromatic carbocycles. The number of hydrogen-bond donors (Lipinski definition) is 2. The predicted octanol–water partition coefficient (Wildman–Crippen LogP) is 0.190. The van der Waals surface area contributed by atoms with Gasteiger partial charge in [0.2, 0.25) is 0 Å². The van der Waals surface area contributed by atoms with Gasteiger partial charge in [-0.05, 0) is 6.42 Å². The van der Waals surface area contributed by atoms with Gasteiger partial charge in [0.1, 0.15) is 6.54 Å². The summed E-state index contributed by atoms with van der Waals surface area (Å²) in [6.07, 6.45) is -4.24. The highest BCUT2D eigenvalue weighted by atomic mass is 32.1. The minimum atomic E-state index is -4.55. The number of nitrogens with zero attached hydrogens (tertiary/aromatic N) is 1. The molecule has 0 aliphatic heterocycles. The van der Waals surface area contributed by atoms with Gasteiger partial charge in [-0.1, -0.05) is 19.1 Å². The SMILES string of the molecule is CCCN(CC(F)(F)F)C(=O)C(=O)NCC(N)=S. The molecule has 0 radical (unpaired) electrons. The maximum absolute atomic E-state index is 12.2. The van der Waals surface area contributed by atoms with E-state index in [2.05, 4.69) is 12.2 Å². The van der Waals surface area contributed by atoms with Gasteiger partial charge in [0.05, 0.1) is 11.5 Å². The fraction of sp³-hybridized carbons (Fsp3) is 0.667. The van der Waals surface area contributed by atoms with Gasteiger partial charge in [0, 0.05) is 6.54 Å². The highest BCUT2D eigenvalue weighted by Gasteiger charge is 2.34. The third-order valence-electron chi connectivity index (χ3n) is 1.77. The van der Waals surface area contributed by atoms with E-state index in [0.717, 1.165) is 0 Å². The number of nitrogens with one attached hydrogen (secondary N) is 1. The standard InChI is InChI=1S/C9H14F3N3O2S/c1-2-3-15(5-9(10,11)12)8(17)7(16)14-4-6(13)18/h2-5H2,1H3,(H2,13,18)(H,14,16). The van der Waals surface area contributed by atoms with E-state index in [1.165, 1.54) is 0 Å². The quantitative estimate of drug-likeness (QED) is 0.558. The number of rotatable bonds is 5. The van der Waals surface area contributed by atoms with Crippen molar-refractivity contribution in [1.82, 2.24) is 10.2 Å². The van der Waals surface area contributed by atoms with Crippen molar-refractivity contribution in [3.63, 3.8) is 0 Å². The number of carbonyl (C=O) groups is 2. The second kappa shape index (κ2) is 7.14. The molecule has 0 rings (SSSR count). The summed E-state index contributed by atoms with van der Waals surface area (Å²) in [6.45, 7) is -0.242. The Morgan fingerprint density at radius 1 is 1.39 bits per heavy atom. The van der Waals surface area contributed by atoms with Crippen molar-refractivity contribution >= 4 is 29.0 Å². The van der Waals surface area contributed by atoms with Crippen molar-refractivity contribution in [3.8, 4) is 0 Å². The highest BCUT2D eigenvalue weighted by Crippen LogP contribution is 2.16. The molecule has 0 saturated heterocycles. The Bertz CT molecular complexity index is 334. The molecule has 2 amide bonds. The first-order valence-corrected chi connectivity index (χ1v) is 5.50. The van der Waals surface area contributed by atoms with E-state index < -0.39 is 24.5 Å². The first-order valence-electron chi connectivity index (χ1n) is 5.09. The van der Waals surface area contributed by atoms with E-state index in [4.69, 9.17) is 5.73 Å². The molecular formula is C9H14F3N3O2S. The van der Waals surface area contributed by atoms with E-state index in [-0.39, 0.29) is 18.1 Å². The van der Waals surface area contributed by atoms with Crippen molar-refractivity contribution < 1.29 is 22.8 Å². The molecular weight excluding hydrogens is 271 g/mol. The molecule has 0 atom stereocenters. The van der Waals surface area contributed by atoms with Crippen LogP contribution in [0.3, 0.4) is 0 Å². The predicted molar refractivity (Wildman–Crippen MR) is 62.7 cm³/mol. The van der Waals surface area contributed by atoms with Crippen LogP contribution in [0.1, 0.15) is 13.3 Å². The molecule has 0 aliphatic carbocycles. The van der Waals surface area contributed by atoms with Gasteiger partial charge in [-0.15, -0.1) is 0 Å². The van der Waals surface area contributed by atoms with Crippen molar-refractivity contribution in [1.29, 1.82) is 0 Å². The molecule has 0 aliphatic rings. The lowest BCUT2D eigenvalue weighted by Crippen LogP contribution is -2.48. The number of nitrogens with two attached hydrogens (primary N) is 1. The van der Waals surface area contributed by atoms with Gasteiger partial charge in [-0.2, -0.15) is 13.2 Å². The fourth-order valence-electron chi connectivity index (χ4n) is 1.13. The lowest BCUT2D eigenvalue weighted by atomic mass is 10.3. The topological polar surface area (TPSA) is 75.4 Å². The molecule has 0 aromatic heterocycles. The number of carbonyl (C=O) groups excluding carboxylic acids is 2. The molecule has 5 nitrogen and oxygen atoms in total. The summed E-state index contributed by atoms with van der Waals surface area (Å²) in [5.41, 5.74) is 5.09. The number of amides is 2. The summed E-state index contributed by atoms with van der Waals surface area (Å²) in [4.78, 5) is 23.1. The Kier molecular flexibility index (Phi) is 6.60. The Hall–Kier alpha value is -1.38. The smallest absolute Gasteiger partial charge is 0.392 e. The van der Waals surface area contributed by atoms with E-state index in [1.807, 2.05) is 5.32 Å². The van der Waals surface area contributed by atoms with Crippen LogP contribution in [-0.2, 0) is 9.59 Å². The molecule has 18 heavy (non-hydrogen) atoms. The average Bonchev–Trinajstić information content (AvgIpc) is 2.22. The molecule has 9 heteroatoms. The lowest BCUT2D eigenvalue weighted by Gasteiger charge is -2.22. The van der Waals surface area contributed by atoms with Crippen LogP contribution in [0, 0.1) is 0 Å². The van der Waals surface area contributed by atoms with Gasteiger partial charge in [-0.25, -0.2) is 0 Å². The number of halogens is 3. The molecule has 104 valence electrons. The molecule has 0 bridgehead atoms. The lowest BCUT2D eigenvalue weighted by molar-refractivity contribution is -0.164. The van der Waals surface area contributed by atoms with Gasteiger partial charge in [0.25, 0.3) is 0 Å². The fourth-order valence-corrected chi connectivity index (χ4v) is 1.20. The molecule has 0 heterocycles. The molecule has 0 spiro atoms. The number of alkyl halides is 3. The molecule has 3 N–H and O–H groups in total. The summed E-state index contributed by atoms with van der Waals surface area (Å²) in [5.74, 6) is -2.40. The minimum absolute atomic E-state index is 0.0611. The second-order valence-corrected chi connectivity index (χ2v) is 4.02. The van der Waals surface area contributed by atoms with Gasteiger partial charge >= 0.3 is 18.0 Å². The zero-order valence-corrected chi connectivity index (χ0v) is 10.5. The van der Waals surface area contributed by atoms with Crippen LogP contribution < -0.4 is 11.1 Å². The van der Waals surface area contributed by atoms with Crippen molar-refractivity contribution in [2.75, 3.05) is 19.6 Å². The Labute approximate surface area is 107 Å². The normalized spacial score (nSPS) is 10.9. The highest BCUT2D eigenvalue weighted by molar-refractivity contribution is 7.80. The minimum Gasteiger partial charge on any atom is -0.392 e. The summed E-state index contributed by atoms with van der Waals surface area (Å²) in [5, 5.41) is 2.04. The summed E-state index contributed by atoms with van der Waals surface area (Å²) in [6, 6.07) is 0. The van der Waals surface area contributed by atoms with Gasteiger partial charge in [0.15, 0.2) is 0 Å². The summed E-state index contributed by atoms with van der Waals surface area (Å²) >= 11 is 4.46. The number of thiocarbonyl (C=S) groups is 1. The van der Waals surface area contributed by atoms with Crippen molar-refractivity contribution in [2.45, 2.75) is 19.5 Å². The molecule has 0 aromatic rings. The summed E-state index contributed by atoms with van der Waals surface area (Å²) in [7, 11) is 0. The molecule has 0 fully saturated rings. The largest absolute Gasteiger partial charge is 0.406 e. The Balaban J connectivity index is 4.55. The second-order valence-electron chi connectivity index (χ2n) is 3.49. The van der Waals surface area contributed by atoms with Crippen LogP contribution in [0.2, 0.25) is 0 Å². The third kappa shape index (κ3) is 7.05. The average molecular weight is 285 g/mol. The van der Waals surface area contributed by atoms with Crippen LogP contribution in [0.5, 0.6) is 0 Å². The van der Waals surface area contributed by atoms with Crippen LogP contribution in [0.15, 0.2) is 0 Å². The van der Waals surface area contributed by atoms with Crippen LogP contribution in [0.25, 0.3) is 0 Å². The van der Waals surface area contributed by atoms with Gasteiger partial charge in [-0.3, -0.25) is 9.59 Å². The summed E-state index contributed by atoms with van der Waals surface area (Å²) < 4.78 is 36.6. The first-order chi connectivity index (χ1) is 8.17. The van der Waals surface area contributed by atoms with E-state index >= 15 is 0 Å². The van der Waals surface area contributed by atoms with Crippen molar-refractivity contribution in [3.05, 3.63) is 0 Å². The van der Waals surface area contributed by atoms with E-state index in [9.17, 15) is 22.8 Å². The zero-order chi connectivity index (χ0) is 14.3. The third-order valence-corrected chi connectivity index (χ3v) is 1.91. The van der Waals surface area contributed by atoms with Crippen LogP contribution in [-0.4, -0.2) is 47.5 Å². The zero-order valence-electron chi connectivity index (χ0n) is 9.71. The van der Waals surface area contributed by atoms with Gasteiger partial charge < -0.3 is 16.0 Å². The number of hydrogen-bond acceptors (Lipinski definition) is 3. The monoisotopic (exact) mass is 285 g/mol. The Morgan fingerprint density at radius 2 is 1.94 bits per heavy atom. The van der Waals surface area contributed by atoms with E-state index in [1.54, 1.807) is 6.92 Å². The Morgan fingerprint density at radius 3 is 2.33 bits per heavy atom. The maximum atomic E-state index is 12.2. The molecule has 0 unspecified atom stereocenters. The van der Waals surface area contributed by atoms with Crippen LogP contribution >= 0.6 is 12.2 Å². The van der Waals surface area contributed by atoms with Crippen molar-refractivity contribution in [2.24, 2.45) is 5.73 Å². The van der Waals surface area contributed by atoms with E-state index in [0.29, 0.717) is 11.3 Å². The molecule has 0 saturated carbocycles. The first kappa shape index (κ1) is 16.6. The maximum Gasteiger partial charge on any atom is 0.406 e.